The second kappa shape index (κ2) is 7.47. The summed E-state index contributed by atoms with van der Waals surface area (Å²) in [7, 11) is 0. The van der Waals surface area contributed by atoms with E-state index in [4.69, 9.17) is 4.74 Å². The molecule has 1 saturated heterocycles. The number of carbonyl (C=O) groups excluding carboxylic acids is 1. The third-order valence-corrected chi connectivity index (χ3v) is 5.30. The molecule has 2 atom stereocenters. The Labute approximate surface area is 146 Å². The maximum absolute atomic E-state index is 13.0. The SMILES string of the molecule is Cc1cc(C)cc(C(=O)N2CCOC[C@H]2C[C@@H](O)c2cccs2)c1. The predicted molar refractivity (Wildman–Crippen MR) is 95.5 cm³/mol. The van der Waals surface area contributed by atoms with E-state index in [9.17, 15) is 9.90 Å². The lowest BCUT2D eigenvalue weighted by Gasteiger charge is -2.36. The molecule has 0 bridgehead atoms. The van der Waals surface area contributed by atoms with Crippen molar-refractivity contribution in [3.05, 3.63) is 57.3 Å². The standard InChI is InChI=1S/C19H23NO3S/c1-13-8-14(2)10-15(9-13)19(22)20-5-6-23-12-16(20)11-17(21)18-4-3-7-24-18/h3-4,7-10,16-17,21H,5-6,11-12H2,1-2H3/t16-,17-/m1/s1. The van der Waals surface area contributed by atoms with Crippen molar-refractivity contribution in [3.63, 3.8) is 0 Å². The number of morpholine rings is 1. The van der Waals surface area contributed by atoms with Gasteiger partial charge in [0.25, 0.3) is 5.91 Å². The van der Waals surface area contributed by atoms with Crippen LogP contribution in [0.5, 0.6) is 0 Å². The number of carbonyl (C=O) groups is 1. The van der Waals surface area contributed by atoms with Gasteiger partial charge in [-0.25, -0.2) is 0 Å². The number of hydrogen-bond acceptors (Lipinski definition) is 4. The average Bonchev–Trinajstić information content (AvgIpc) is 3.08. The number of amides is 1. The van der Waals surface area contributed by atoms with Crippen LogP contribution in [0.15, 0.2) is 35.7 Å². The fourth-order valence-electron chi connectivity index (χ4n) is 3.24. The largest absolute Gasteiger partial charge is 0.387 e. The van der Waals surface area contributed by atoms with Crippen molar-refractivity contribution in [1.82, 2.24) is 4.90 Å². The zero-order valence-corrected chi connectivity index (χ0v) is 14.9. The number of aliphatic hydroxyl groups is 1. The van der Waals surface area contributed by atoms with Gasteiger partial charge in [-0.2, -0.15) is 0 Å². The Morgan fingerprint density at radius 1 is 1.38 bits per heavy atom. The van der Waals surface area contributed by atoms with Crippen molar-refractivity contribution < 1.29 is 14.6 Å². The summed E-state index contributed by atoms with van der Waals surface area (Å²) in [6.45, 7) is 5.58. The molecule has 1 fully saturated rings. The van der Waals surface area contributed by atoms with Crippen LogP contribution >= 0.6 is 11.3 Å². The highest BCUT2D eigenvalue weighted by Crippen LogP contribution is 2.27. The molecule has 0 saturated carbocycles. The molecule has 1 aromatic carbocycles. The minimum Gasteiger partial charge on any atom is -0.387 e. The van der Waals surface area contributed by atoms with Crippen LogP contribution in [-0.2, 0) is 4.74 Å². The molecule has 0 unspecified atom stereocenters. The van der Waals surface area contributed by atoms with Gasteiger partial charge in [-0.1, -0.05) is 23.3 Å². The fraction of sp³-hybridized carbons (Fsp3) is 0.421. The molecule has 0 radical (unpaired) electrons. The molecule has 1 N–H and O–H groups in total. The molecule has 5 heteroatoms. The lowest BCUT2D eigenvalue weighted by molar-refractivity contribution is -0.0170. The summed E-state index contributed by atoms with van der Waals surface area (Å²) in [5, 5.41) is 12.4. The molecule has 0 spiro atoms. The molecule has 3 rings (SSSR count). The highest BCUT2D eigenvalue weighted by molar-refractivity contribution is 7.10. The monoisotopic (exact) mass is 345 g/mol. The Balaban J connectivity index is 1.77. The van der Waals surface area contributed by atoms with E-state index < -0.39 is 6.10 Å². The number of aliphatic hydroxyl groups excluding tert-OH is 1. The lowest BCUT2D eigenvalue weighted by Crippen LogP contribution is -2.49. The molecule has 0 aliphatic carbocycles. The Morgan fingerprint density at radius 2 is 2.12 bits per heavy atom. The summed E-state index contributed by atoms with van der Waals surface area (Å²) >= 11 is 1.54. The van der Waals surface area contributed by atoms with E-state index in [0.29, 0.717) is 31.7 Å². The van der Waals surface area contributed by atoms with Crippen LogP contribution < -0.4 is 0 Å². The van der Waals surface area contributed by atoms with Crippen LogP contribution in [0.3, 0.4) is 0 Å². The predicted octanol–water partition coefficient (Wildman–Crippen LogP) is 3.33. The van der Waals surface area contributed by atoms with Crippen LogP contribution in [0.4, 0.5) is 0 Å². The normalized spacial score (nSPS) is 19.3. The topological polar surface area (TPSA) is 49.8 Å². The van der Waals surface area contributed by atoms with Gasteiger partial charge in [-0.05, 0) is 37.4 Å². The van der Waals surface area contributed by atoms with Gasteiger partial charge in [-0.15, -0.1) is 11.3 Å². The first-order chi connectivity index (χ1) is 11.5. The molecule has 1 aromatic heterocycles. The number of aryl methyl sites for hydroxylation is 2. The highest BCUT2D eigenvalue weighted by Gasteiger charge is 2.30. The Hall–Kier alpha value is -1.69. The molecule has 1 aliphatic rings. The van der Waals surface area contributed by atoms with Crippen molar-refractivity contribution in [3.8, 4) is 0 Å². The van der Waals surface area contributed by atoms with Gasteiger partial charge in [0.15, 0.2) is 0 Å². The van der Waals surface area contributed by atoms with E-state index >= 15 is 0 Å². The van der Waals surface area contributed by atoms with Crippen LogP contribution in [0, 0.1) is 13.8 Å². The maximum atomic E-state index is 13.0. The molecular weight excluding hydrogens is 322 g/mol. The van der Waals surface area contributed by atoms with E-state index in [0.717, 1.165) is 16.0 Å². The zero-order valence-electron chi connectivity index (χ0n) is 14.1. The van der Waals surface area contributed by atoms with Gasteiger partial charge in [0.05, 0.1) is 25.4 Å². The molecule has 24 heavy (non-hydrogen) atoms. The van der Waals surface area contributed by atoms with E-state index in [1.807, 2.05) is 48.4 Å². The molecular formula is C19H23NO3S. The number of thiophene rings is 1. The molecule has 128 valence electrons. The molecule has 4 nitrogen and oxygen atoms in total. The maximum Gasteiger partial charge on any atom is 0.254 e. The minimum absolute atomic E-state index is 0.0217. The second-order valence-corrected chi connectivity index (χ2v) is 7.35. The summed E-state index contributed by atoms with van der Waals surface area (Å²) < 4.78 is 5.56. The number of rotatable bonds is 4. The van der Waals surface area contributed by atoms with Gasteiger partial charge in [0.1, 0.15) is 0 Å². The Kier molecular flexibility index (Phi) is 5.33. The molecule has 1 aliphatic heterocycles. The first kappa shape index (κ1) is 17.1. The Morgan fingerprint density at radius 3 is 2.79 bits per heavy atom. The van der Waals surface area contributed by atoms with Crippen molar-refractivity contribution in [2.75, 3.05) is 19.8 Å². The summed E-state index contributed by atoms with van der Waals surface area (Å²) in [5.74, 6) is 0.0217. The summed E-state index contributed by atoms with van der Waals surface area (Å²) in [5.41, 5.74) is 2.88. The van der Waals surface area contributed by atoms with Crippen LogP contribution in [0.1, 0.15) is 38.9 Å². The summed E-state index contributed by atoms with van der Waals surface area (Å²) in [6.07, 6.45) is -0.0666. The van der Waals surface area contributed by atoms with E-state index in [1.165, 1.54) is 11.3 Å². The molecule has 1 amide bonds. The fourth-order valence-corrected chi connectivity index (χ4v) is 3.96. The van der Waals surface area contributed by atoms with Crippen LogP contribution in [0.2, 0.25) is 0 Å². The summed E-state index contributed by atoms with van der Waals surface area (Å²) in [6, 6.07) is 9.67. The minimum atomic E-state index is -0.564. The van der Waals surface area contributed by atoms with Crippen molar-refractivity contribution >= 4 is 17.2 Å². The molecule has 2 heterocycles. The van der Waals surface area contributed by atoms with E-state index in [-0.39, 0.29) is 11.9 Å². The van der Waals surface area contributed by atoms with Gasteiger partial charge < -0.3 is 14.7 Å². The van der Waals surface area contributed by atoms with Crippen molar-refractivity contribution in [2.45, 2.75) is 32.4 Å². The van der Waals surface area contributed by atoms with Crippen LogP contribution in [0.25, 0.3) is 0 Å². The number of hydrogen-bond donors (Lipinski definition) is 1. The first-order valence-corrected chi connectivity index (χ1v) is 9.11. The highest BCUT2D eigenvalue weighted by atomic mass is 32.1. The van der Waals surface area contributed by atoms with Gasteiger partial charge >= 0.3 is 0 Å². The number of ether oxygens (including phenoxy) is 1. The smallest absolute Gasteiger partial charge is 0.254 e. The number of benzene rings is 1. The average molecular weight is 345 g/mol. The Bertz CT molecular complexity index is 678. The lowest BCUT2D eigenvalue weighted by atomic mass is 10.0. The zero-order chi connectivity index (χ0) is 17.1. The molecule has 2 aromatic rings. The van der Waals surface area contributed by atoms with Gasteiger partial charge in [0, 0.05) is 23.4 Å². The van der Waals surface area contributed by atoms with Gasteiger partial charge in [-0.3, -0.25) is 4.79 Å². The second-order valence-electron chi connectivity index (χ2n) is 6.37. The first-order valence-electron chi connectivity index (χ1n) is 8.23. The van der Waals surface area contributed by atoms with E-state index in [1.54, 1.807) is 0 Å². The number of nitrogens with zero attached hydrogens (tertiary/aromatic N) is 1. The third kappa shape index (κ3) is 3.86. The van der Waals surface area contributed by atoms with Crippen LogP contribution in [-0.4, -0.2) is 41.7 Å². The van der Waals surface area contributed by atoms with Crippen molar-refractivity contribution in [1.29, 1.82) is 0 Å². The summed E-state index contributed by atoms with van der Waals surface area (Å²) in [4.78, 5) is 15.8. The van der Waals surface area contributed by atoms with Gasteiger partial charge in [0.2, 0.25) is 0 Å². The quantitative estimate of drug-likeness (QED) is 0.925. The van der Waals surface area contributed by atoms with Crippen molar-refractivity contribution in [2.24, 2.45) is 0 Å². The third-order valence-electron chi connectivity index (χ3n) is 4.32. The van der Waals surface area contributed by atoms with E-state index in [2.05, 4.69) is 6.07 Å².